The van der Waals surface area contributed by atoms with Crippen molar-refractivity contribution in [1.82, 2.24) is 0 Å². The normalized spacial score (nSPS) is 11.3. The molecule has 0 radical (unpaired) electrons. The molecule has 1 rings (SSSR count). The summed E-state index contributed by atoms with van der Waals surface area (Å²) >= 11 is 6.01. The molecule has 0 aliphatic carbocycles. The molecule has 4 N–H and O–H groups in total. The number of ether oxygens (including phenoxy) is 1. The highest BCUT2D eigenvalue weighted by atomic mass is 35.5. The van der Waals surface area contributed by atoms with Crippen LogP contribution in [-0.4, -0.2) is 19.6 Å². The van der Waals surface area contributed by atoms with Crippen LogP contribution in [0.4, 0.5) is 5.69 Å². The van der Waals surface area contributed by atoms with Gasteiger partial charge in [-0.05, 0) is 25.1 Å². The predicted octanol–water partition coefficient (Wildman–Crippen LogP) is 1.36. The molecule has 0 saturated carbocycles. The maximum absolute atomic E-state index is 6.01. The Morgan fingerprint density at radius 1 is 1.56 bits per heavy atom. The first-order valence-corrected chi connectivity index (χ1v) is 5.16. The minimum atomic E-state index is 0.240. The fourth-order valence-electron chi connectivity index (χ4n) is 1.37. The molecule has 88 valence electrons. The first-order chi connectivity index (χ1) is 7.63. The van der Waals surface area contributed by atoms with Gasteiger partial charge in [-0.15, -0.1) is 5.10 Å². The van der Waals surface area contributed by atoms with Crippen LogP contribution in [0.15, 0.2) is 23.3 Å². The largest absolute Gasteiger partial charge is 0.495 e. The number of hydrogen-bond acceptors (Lipinski definition) is 3. The highest BCUT2D eigenvalue weighted by molar-refractivity contribution is 6.32. The van der Waals surface area contributed by atoms with E-state index in [0.717, 1.165) is 5.69 Å². The molecule has 0 aliphatic heterocycles. The van der Waals surface area contributed by atoms with Gasteiger partial charge in [-0.3, -0.25) is 0 Å². The van der Waals surface area contributed by atoms with Gasteiger partial charge in [0.25, 0.3) is 0 Å². The minimum absolute atomic E-state index is 0.240. The molecule has 0 aliphatic rings. The smallest absolute Gasteiger partial charge is 0.217 e. The molecule has 0 amide bonds. The molecule has 0 fully saturated rings. The van der Waals surface area contributed by atoms with E-state index in [2.05, 4.69) is 5.10 Å². The lowest BCUT2D eigenvalue weighted by Gasteiger charge is -2.21. The molecule has 1 aromatic carbocycles. The van der Waals surface area contributed by atoms with Crippen LogP contribution >= 0.6 is 11.6 Å². The van der Waals surface area contributed by atoms with Crippen LogP contribution in [0.2, 0.25) is 5.02 Å². The first kappa shape index (κ1) is 12.4. The molecule has 0 spiro atoms. The molecule has 0 saturated heterocycles. The van der Waals surface area contributed by atoms with Crippen molar-refractivity contribution in [2.75, 3.05) is 18.6 Å². The number of nitrogens with zero attached hydrogens (tertiary/aromatic N) is 2. The Balaban J connectivity index is 3.08. The second-order valence-corrected chi connectivity index (χ2v) is 3.46. The number of hydrogen-bond donors (Lipinski definition) is 2. The lowest BCUT2D eigenvalue weighted by molar-refractivity contribution is 0.415. The van der Waals surface area contributed by atoms with Crippen LogP contribution in [0.5, 0.6) is 5.75 Å². The van der Waals surface area contributed by atoms with Gasteiger partial charge in [-0.1, -0.05) is 11.6 Å². The van der Waals surface area contributed by atoms with Gasteiger partial charge < -0.3 is 21.2 Å². The van der Waals surface area contributed by atoms with Crippen LogP contribution in [0.3, 0.4) is 0 Å². The second-order valence-electron chi connectivity index (χ2n) is 3.05. The first-order valence-electron chi connectivity index (χ1n) is 4.78. The Labute approximate surface area is 99.6 Å². The number of anilines is 1. The summed E-state index contributed by atoms with van der Waals surface area (Å²) in [6, 6.07) is 5.36. The van der Waals surface area contributed by atoms with Gasteiger partial charge in [0.1, 0.15) is 5.75 Å². The van der Waals surface area contributed by atoms with E-state index in [1.165, 1.54) is 0 Å². The molecular formula is C10H15ClN4O. The third-order valence-corrected chi connectivity index (χ3v) is 2.47. The molecule has 0 heterocycles. The van der Waals surface area contributed by atoms with E-state index in [9.17, 15) is 0 Å². The van der Waals surface area contributed by atoms with E-state index >= 15 is 0 Å². The number of halogens is 1. The number of methoxy groups -OCH3 is 1. The van der Waals surface area contributed by atoms with Crippen molar-refractivity contribution in [2.24, 2.45) is 16.7 Å². The van der Waals surface area contributed by atoms with Crippen LogP contribution in [0, 0.1) is 0 Å². The van der Waals surface area contributed by atoms with Crippen molar-refractivity contribution >= 4 is 23.2 Å². The van der Waals surface area contributed by atoms with Gasteiger partial charge in [0, 0.05) is 12.2 Å². The third kappa shape index (κ3) is 2.49. The number of benzene rings is 1. The van der Waals surface area contributed by atoms with Crippen molar-refractivity contribution in [3.05, 3.63) is 23.2 Å². The summed E-state index contributed by atoms with van der Waals surface area (Å²) in [6.45, 7) is 2.59. The summed E-state index contributed by atoms with van der Waals surface area (Å²) in [5.74, 6) is 6.00. The van der Waals surface area contributed by atoms with Crippen molar-refractivity contribution in [3.63, 3.8) is 0 Å². The highest BCUT2D eigenvalue weighted by Crippen LogP contribution is 2.28. The highest BCUT2D eigenvalue weighted by Gasteiger charge is 2.10. The number of nitrogens with two attached hydrogens (primary N) is 2. The summed E-state index contributed by atoms with van der Waals surface area (Å²) in [5, 5.41) is 3.97. The zero-order valence-corrected chi connectivity index (χ0v) is 10.0. The quantitative estimate of drug-likeness (QED) is 0.363. The molecule has 6 heteroatoms. The second kappa shape index (κ2) is 5.46. The standard InChI is InChI=1S/C10H15ClN4O/c1-3-15(10(12)14-13)7-4-5-9(16-2)8(11)6-7/h4-6H,3,13H2,1-2H3,(H2,12,14). The monoisotopic (exact) mass is 242 g/mol. The average molecular weight is 243 g/mol. The minimum Gasteiger partial charge on any atom is -0.495 e. The van der Waals surface area contributed by atoms with Crippen LogP contribution in [0.1, 0.15) is 6.92 Å². The molecule has 0 unspecified atom stereocenters. The molecule has 0 bridgehead atoms. The average Bonchev–Trinajstić information content (AvgIpc) is 2.30. The number of hydrazone groups is 1. The van der Waals surface area contributed by atoms with E-state index in [4.69, 9.17) is 27.9 Å². The summed E-state index contributed by atoms with van der Waals surface area (Å²) < 4.78 is 5.06. The zero-order chi connectivity index (χ0) is 12.1. The summed E-state index contributed by atoms with van der Waals surface area (Å²) in [5.41, 5.74) is 6.48. The van der Waals surface area contributed by atoms with Crippen molar-refractivity contribution in [2.45, 2.75) is 6.92 Å². The lowest BCUT2D eigenvalue weighted by atomic mass is 10.2. The fraction of sp³-hybridized carbons (Fsp3) is 0.300. The molecular weight excluding hydrogens is 228 g/mol. The summed E-state index contributed by atoms with van der Waals surface area (Å²) in [4.78, 5) is 1.74. The van der Waals surface area contributed by atoms with Gasteiger partial charge in [-0.25, -0.2) is 0 Å². The van der Waals surface area contributed by atoms with E-state index in [1.807, 2.05) is 13.0 Å². The predicted molar refractivity (Wildman–Crippen MR) is 66.8 cm³/mol. The SMILES string of the molecule is CCN(/C(N)=N/N)c1ccc(OC)c(Cl)c1. The van der Waals surface area contributed by atoms with Gasteiger partial charge >= 0.3 is 0 Å². The molecule has 0 aromatic heterocycles. The van der Waals surface area contributed by atoms with E-state index in [-0.39, 0.29) is 5.96 Å². The Morgan fingerprint density at radius 2 is 2.25 bits per heavy atom. The topological polar surface area (TPSA) is 76.9 Å². The van der Waals surface area contributed by atoms with Crippen molar-refractivity contribution in [1.29, 1.82) is 0 Å². The van der Waals surface area contributed by atoms with Crippen LogP contribution in [0.25, 0.3) is 0 Å². The van der Waals surface area contributed by atoms with Crippen molar-refractivity contribution < 1.29 is 4.74 Å². The van der Waals surface area contributed by atoms with Crippen LogP contribution < -0.4 is 21.2 Å². The maximum Gasteiger partial charge on any atom is 0.217 e. The fourth-order valence-corrected chi connectivity index (χ4v) is 1.62. The van der Waals surface area contributed by atoms with Crippen molar-refractivity contribution in [3.8, 4) is 5.75 Å². The number of guanidine groups is 1. The molecule has 5 nitrogen and oxygen atoms in total. The molecule has 0 atom stereocenters. The van der Waals surface area contributed by atoms with E-state index in [0.29, 0.717) is 17.3 Å². The van der Waals surface area contributed by atoms with E-state index < -0.39 is 0 Å². The van der Waals surface area contributed by atoms with E-state index in [1.54, 1.807) is 24.1 Å². The molecule has 1 aromatic rings. The Kier molecular flexibility index (Phi) is 4.25. The lowest BCUT2D eigenvalue weighted by Crippen LogP contribution is -2.38. The van der Waals surface area contributed by atoms with Crippen LogP contribution in [-0.2, 0) is 0 Å². The third-order valence-electron chi connectivity index (χ3n) is 2.17. The van der Waals surface area contributed by atoms with Gasteiger partial charge in [0.05, 0.1) is 12.1 Å². The Hall–Kier alpha value is -1.62. The number of rotatable bonds is 3. The summed E-state index contributed by atoms with van der Waals surface area (Å²) in [6.07, 6.45) is 0. The summed E-state index contributed by atoms with van der Waals surface area (Å²) in [7, 11) is 1.56. The molecule has 16 heavy (non-hydrogen) atoms. The van der Waals surface area contributed by atoms with Gasteiger partial charge in [0.2, 0.25) is 5.96 Å². The Bertz CT molecular complexity index is 394. The van der Waals surface area contributed by atoms with Gasteiger partial charge in [0.15, 0.2) is 0 Å². The maximum atomic E-state index is 6.01. The Morgan fingerprint density at radius 3 is 2.69 bits per heavy atom. The zero-order valence-electron chi connectivity index (χ0n) is 9.27. The van der Waals surface area contributed by atoms with Gasteiger partial charge in [-0.2, -0.15) is 0 Å².